The molecular weight excluding hydrogens is 246 g/mol. The third kappa shape index (κ3) is 6.54. The van der Waals surface area contributed by atoms with E-state index in [1.165, 1.54) is 0 Å². The molecule has 6 nitrogen and oxygen atoms in total. The first-order chi connectivity index (χ1) is 9.13. The van der Waals surface area contributed by atoms with Crippen LogP contribution in [0.1, 0.15) is 19.3 Å². The molecule has 0 radical (unpaired) electrons. The second-order valence-electron chi connectivity index (χ2n) is 4.96. The van der Waals surface area contributed by atoms with Crippen LogP contribution in [0.4, 0.5) is 0 Å². The summed E-state index contributed by atoms with van der Waals surface area (Å²) in [5.74, 6) is 0.0695. The van der Waals surface area contributed by atoms with Gasteiger partial charge in [0.2, 0.25) is 11.8 Å². The summed E-state index contributed by atoms with van der Waals surface area (Å²) in [7, 11) is 3.43. The Morgan fingerprint density at radius 1 is 1.26 bits per heavy atom. The van der Waals surface area contributed by atoms with Crippen LogP contribution in [0.25, 0.3) is 0 Å². The normalized spacial score (nSPS) is 15.0. The molecule has 0 aromatic carbocycles. The van der Waals surface area contributed by atoms with E-state index in [9.17, 15) is 9.59 Å². The smallest absolute Gasteiger partial charge is 0.236 e. The molecule has 0 atom stereocenters. The number of ether oxygens (including phenoxy) is 1. The number of carbonyl (C=O) groups is 2. The Bertz CT molecular complexity index is 291. The van der Waals surface area contributed by atoms with Gasteiger partial charge < -0.3 is 15.0 Å². The summed E-state index contributed by atoms with van der Waals surface area (Å²) < 4.78 is 4.90. The molecule has 1 fully saturated rings. The molecule has 0 unspecified atom stereocenters. The third-order valence-corrected chi connectivity index (χ3v) is 3.12. The van der Waals surface area contributed by atoms with Gasteiger partial charge in [-0.3, -0.25) is 14.5 Å². The summed E-state index contributed by atoms with van der Waals surface area (Å²) in [6.07, 6.45) is 2.99. The maximum atomic E-state index is 11.9. The summed E-state index contributed by atoms with van der Waals surface area (Å²) in [6, 6.07) is 0. The van der Waals surface area contributed by atoms with Crippen LogP contribution in [0.15, 0.2) is 0 Å². The predicted octanol–water partition coefficient (Wildman–Crippen LogP) is -0.307. The Morgan fingerprint density at radius 3 is 2.58 bits per heavy atom. The number of rotatable bonds is 8. The number of nitrogens with zero attached hydrogens (tertiary/aromatic N) is 2. The van der Waals surface area contributed by atoms with Crippen molar-refractivity contribution in [2.24, 2.45) is 0 Å². The first-order valence-electron chi connectivity index (χ1n) is 6.85. The van der Waals surface area contributed by atoms with Gasteiger partial charge in [0.15, 0.2) is 0 Å². The topological polar surface area (TPSA) is 61.9 Å². The number of likely N-dealkylation sites (N-methyl/N-ethyl adjacent to an activating group) is 1. The van der Waals surface area contributed by atoms with Crippen LogP contribution in [0.5, 0.6) is 0 Å². The summed E-state index contributed by atoms with van der Waals surface area (Å²) in [5.41, 5.74) is 0. The van der Waals surface area contributed by atoms with Gasteiger partial charge in [-0.05, 0) is 26.3 Å². The minimum absolute atomic E-state index is 0.0483. The average Bonchev–Trinajstić information content (AvgIpc) is 2.88. The number of nitrogens with one attached hydrogen (secondary N) is 1. The SMILES string of the molecule is COCCCNC(=O)CN(C)CC(=O)N1CCCC1. The van der Waals surface area contributed by atoms with Gasteiger partial charge in [-0.25, -0.2) is 0 Å². The molecule has 0 aromatic rings. The van der Waals surface area contributed by atoms with Gasteiger partial charge in [0, 0.05) is 33.4 Å². The van der Waals surface area contributed by atoms with Crippen LogP contribution in [-0.2, 0) is 14.3 Å². The van der Waals surface area contributed by atoms with Gasteiger partial charge in [0.25, 0.3) is 0 Å². The van der Waals surface area contributed by atoms with E-state index in [1.54, 1.807) is 19.1 Å². The summed E-state index contributed by atoms with van der Waals surface area (Å²) in [5, 5.41) is 2.81. The van der Waals surface area contributed by atoms with Crippen molar-refractivity contribution in [2.45, 2.75) is 19.3 Å². The van der Waals surface area contributed by atoms with Crippen molar-refractivity contribution in [3.05, 3.63) is 0 Å². The fraction of sp³-hybridized carbons (Fsp3) is 0.846. The number of hydrogen-bond donors (Lipinski definition) is 1. The highest BCUT2D eigenvalue weighted by Gasteiger charge is 2.19. The van der Waals surface area contributed by atoms with Gasteiger partial charge in [0.05, 0.1) is 13.1 Å². The zero-order valence-electron chi connectivity index (χ0n) is 12.0. The molecule has 1 rings (SSSR count). The number of amides is 2. The second kappa shape index (κ2) is 8.87. The van der Waals surface area contributed by atoms with Crippen molar-refractivity contribution in [3.8, 4) is 0 Å². The van der Waals surface area contributed by atoms with Crippen molar-refractivity contribution >= 4 is 11.8 Å². The van der Waals surface area contributed by atoms with Crippen LogP contribution in [0.2, 0.25) is 0 Å². The zero-order valence-corrected chi connectivity index (χ0v) is 12.0. The Labute approximate surface area is 115 Å². The van der Waals surface area contributed by atoms with Gasteiger partial charge in [-0.15, -0.1) is 0 Å². The number of methoxy groups -OCH3 is 1. The summed E-state index contributed by atoms with van der Waals surface area (Å²) >= 11 is 0. The van der Waals surface area contributed by atoms with E-state index >= 15 is 0 Å². The summed E-state index contributed by atoms with van der Waals surface area (Å²) in [4.78, 5) is 27.1. The van der Waals surface area contributed by atoms with Gasteiger partial charge in [0.1, 0.15) is 0 Å². The molecule has 1 heterocycles. The minimum Gasteiger partial charge on any atom is -0.385 e. The molecule has 1 saturated heterocycles. The van der Waals surface area contributed by atoms with Crippen molar-refractivity contribution in [3.63, 3.8) is 0 Å². The molecule has 2 amide bonds. The molecule has 0 aromatic heterocycles. The van der Waals surface area contributed by atoms with E-state index in [2.05, 4.69) is 5.32 Å². The van der Waals surface area contributed by atoms with E-state index in [0.717, 1.165) is 32.4 Å². The lowest BCUT2D eigenvalue weighted by Crippen LogP contribution is -2.42. The van der Waals surface area contributed by atoms with Crippen molar-refractivity contribution in [1.82, 2.24) is 15.1 Å². The number of hydrogen-bond acceptors (Lipinski definition) is 4. The van der Waals surface area contributed by atoms with E-state index in [-0.39, 0.29) is 18.4 Å². The van der Waals surface area contributed by atoms with Gasteiger partial charge >= 0.3 is 0 Å². The van der Waals surface area contributed by atoms with Crippen molar-refractivity contribution < 1.29 is 14.3 Å². The first-order valence-corrected chi connectivity index (χ1v) is 6.85. The quantitative estimate of drug-likeness (QED) is 0.615. The molecule has 19 heavy (non-hydrogen) atoms. The largest absolute Gasteiger partial charge is 0.385 e. The minimum atomic E-state index is -0.0483. The molecule has 6 heteroatoms. The van der Waals surface area contributed by atoms with E-state index < -0.39 is 0 Å². The molecule has 0 bridgehead atoms. The molecule has 1 N–H and O–H groups in total. The monoisotopic (exact) mass is 271 g/mol. The van der Waals surface area contributed by atoms with E-state index in [4.69, 9.17) is 4.74 Å². The first kappa shape index (κ1) is 15.9. The molecular formula is C13H25N3O3. The maximum absolute atomic E-state index is 11.9. The van der Waals surface area contributed by atoms with Crippen molar-refractivity contribution in [1.29, 1.82) is 0 Å². The maximum Gasteiger partial charge on any atom is 0.236 e. The Kier molecular flexibility index (Phi) is 7.43. The van der Waals surface area contributed by atoms with Crippen LogP contribution in [0.3, 0.4) is 0 Å². The van der Waals surface area contributed by atoms with E-state index in [1.807, 2.05) is 4.90 Å². The average molecular weight is 271 g/mol. The van der Waals surface area contributed by atoms with Gasteiger partial charge in [-0.1, -0.05) is 0 Å². The molecule has 1 aliphatic rings. The van der Waals surface area contributed by atoms with Crippen molar-refractivity contribution in [2.75, 3.05) is 53.5 Å². The third-order valence-electron chi connectivity index (χ3n) is 3.12. The lowest BCUT2D eigenvalue weighted by Gasteiger charge is -2.20. The summed E-state index contributed by atoms with van der Waals surface area (Å²) in [6.45, 7) is 3.54. The molecule has 0 saturated carbocycles. The highest BCUT2D eigenvalue weighted by Crippen LogP contribution is 2.07. The second-order valence-corrected chi connectivity index (χ2v) is 4.96. The van der Waals surface area contributed by atoms with Crippen LogP contribution < -0.4 is 5.32 Å². The molecule has 0 aliphatic carbocycles. The number of likely N-dealkylation sites (tertiary alicyclic amines) is 1. The highest BCUT2D eigenvalue weighted by molar-refractivity contribution is 5.81. The van der Waals surface area contributed by atoms with Crippen LogP contribution in [-0.4, -0.2) is 75.1 Å². The molecule has 110 valence electrons. The van der Waals surface area contributed by atoms with Gasteiger partial charge in [-0.2, -0.15) is 0 Å². The van der Waals surface area contributed by atoms with Crippen LogP contribution in [0, 0.1) is 0 Å². The Morgan fingerprint density at radius 2 is 1.95 bits per heavy atom. The van der Waals surface area contributed by atoms with Crippen LogP contribution >= 0.6 is 0 Å². The lowest BCUT2D eigenvalue weighted by atomic mass is 10.4. The zero-order chi connectivity index (χ0) is 14.1. The number of carbonyl (C=O) groups excluding carboxylic acids is 2. The van der Waals surface area contributed by atoms with E-state index in [0.29, 0.717) is 19.7 Å². The molecule has 1 aliphatic heterocycles. The lowest BCUT2D eigenvalue weighted by molar-refractivity contribution is -0.131. The highest BCUT2D eigenvalue weighted by atomic mass is 16.5. The fourth-order valence-electron chi connectivity index (χ4n) is 2.10. The predicted molar refractivity (Wildman–Crippen MR) is 72.8 cm³/mol. The Balaban J connectivity index is 2.13. The standard InChI is InChI=1S/C13H25N3O3/c1-15(10-12(17)14-6-5-9-19-2)11-13(18)16-7-3-4-8-16/h3-11H2,1-2H3,(H,14,17). The Hall–Kier alpha value is -1.14. The fourth-order valence-corrected chi connectivity index (χ4v) is 2.10. The molecule has 0 spiro atoms.